The molecule has 9 N–H and O–H groups in total. The van der Waals surface area contributed by atoms with E-state index in [0.29, 0.717) is 37.5 Å². The number of phenols is 1. The molecule has 2 heterocycles. The summed E-state index contributed by atoms with van der Waals surface area (Å²) in [5, 5.41) is 56.4. The van der Waals surface area contributed by atoms with E-state index in [0.717, 1.165) is 48.9 Å². The molecule has 272 valence electrons. The Hall–Kier alpha value is -3.72. The Bertz CT molecular complexity index is 1510. The molecule has 1 aromatic carbocycles. The monoisotopic (exact) mass is 689 g/mol. The van der Waals surface area contributed by atoms with E-state index in [2.05, 4.69) is 47.3 Å². The zero-order chi connectivity index (χ0) is 35.5. The number of nitrogens with two attached hydrogens (primary N) is 1. The first-order valence-corrected chi connectivity index (χ1v) is 18.2. The molecule has 0 saturated carbocycles. The number of nitrogens with one attached hydrogen (secondary N) is 2. The van der Waals surface area contributed by atoms with Gasteiger partial charge in [-0.2, -0.15) is 0 Å². The number of aliphatic hydroxyl groups is 4. The summed E-state index contributed by atoms with van der Waals surface area (Å²) >= 11 is 0. The number of allylic oxidation sites excluding steroid dienone is 4. The van der Waals surface area contributed by atoms with Gasteiger partial charge in [0, 0.05) is 42.1 Å². The highest BCUT2D eigenvalue weighted by Crippen LogP contribution is 2.40. The molecule has 2 aromatic rings. The molecule has 5 rings (SSSR count). The fourth-order valence-electron chi connectivity index (χ4n) is 7.57. The molecule has 9 unspecified atom stereocenters. The number of rotatable bonds is 14. The molecule has 0 bridgehead atoms. The summed E-state index contributed by atoms with van der Waals surface area (Å²) in [6.07, 6.45) is 13.2. The topological polar surface area (TPSA) is 173 Å². The number of ether oxygens (including phenoxy) is 2. The minimum atomic E-state index is -1.21. The van der Waals surface area contributed by atoms with Gasteiger partial charge < -0.3 is 51.0 Å². The van der Waals surface area contributed by atoms with Crippen LogP contribution >= 0.6 is 0 Å². The molecule has 1 aliphatic heterocycles. The third-order valence-electron chi connectivity index (χ3n) is 10.4. The Kier molecular flexibility index (Phi) is 13.9. The Morgan fingerprint density at radius 1 is 1.10 bits per heavy atom. The van der Waals surface area contributed by atoms with Crippen molar-refractivity contribution >= 4 is 0 Å². The fourth-order valence-corrected chi connectivity index (χ4v) is 7.57. The number of benzene rings is 1. The van der Waals surface area contributed by atoms with Gasteiger partial charge in [-0.25, -0.2) is 0 Å². The van der Waals surface area contributed by atoms with Crippen LogP contribution in [0.4, 0.5) is 0 Å². The average Bonchev–Trinajstić information content (AvgIpc) is 3.58. The molecule has 2 aliphatic carbocycles. The van der Waals surface area contributed by atoms with Crippen LogP contribution in [0.25, 0.3) is 0 Å². The smallest absolute Gasteiger partial charge is 0.161 e. The number of dihydropyridines is 1. The summed E-state index contributed by atoms with van der Waals surface area (Å²) < 4.78 is 12.5. The highest BCUT2D eigenvalue weighted by atomic mass is 16.5. The van der Waals surface area contributed by atoms with Gasteiger partial charge in [0.2, 0.25) is 0 Å². The number of H-pyrrole nitrogens is 1. The zero-order valence-electron chi connectivity index (χ0n) is 29.1. The highest BCUT2D eigenvalue weighted by molar-refractivity contribution is 5.44. The first kappa shape index (κ1) is 37.5. The summed E-state index contributed by atoms with van der Waals surface area (Å²) in [6.45, 7) is 2.36. The van der Waals surface area contributed by atoms with E-state index in [1.54, 1.807) is 12.1 Å². The number of hydrogen-bond acceptors (Lipinski definition) is 9. The average molecular weight is 690 g/mol. The Morgan fingerprint density at radius 3 is 2.68 bits per heavy atom. The van der Waals surface area contributed by atoms with Crippen LogP contribution in [-0.4, -0.2) is 81.3 Å². The number of aliphatic hydroxyl groups excluding tert-OH is 4. The van der Waals surface area contributed by atoms with E-state index in [1.165, 1.54) is 0 Å². The minimum Gasteiger partial charge on any atom is -0.504 e. The Balaban J connectivity index is 1.41. The van der Waals surface area contributed by atoms with Gasteiger partial charge in [-0.1, -0.05) is 55.9 Å². The van der Waals surface area contributed by atoms with Gasteiger partial charge >= 0.3 is 0 Å². The van der Waals surface area contributed by atoms with Gasteiger partial charge in [0.05, 0.1) is 37.8 Å². The van der Waals surface area contributed by atoms with Crippen molar-refractivity contribution in [3.8, 4) is 23.3 Å². The van der Waals surface area contributed by atoms with Crippen LogP contribution < -0.4 is 15.8 Å². The summed E-state index contributed by atoms with van der Waals surface area (Å²) in [5.74, 6) is 7.17. The molecule has 50 heavy (non-hydrogen) atoms. The molecular weight excluding hydrogens is 634 g/mol. The quantitative estimate of drug-likeness (QED) is 0.108. The molecule has 1 aromatic heterocycles. The number of phenolic OH excluding ortho intramolecular Hbond substituents is 1. The molecule has 10 heteroatoms. The van der Waals surface area contributed by atoms with Crippen molar-refractivity contribution in [3.63, 3.8) is 0 Å². The third-order valence-corrected chi connectivity index (χ3v) is 10.4. The van der Waals surface area contributed by atoms with Gasteiger partial charge in [0.25, 0.3) is 0 Å². The van der Waals surface area contributed by atoms with Gasteiger partial charge in [0.15, 0.2) is 11.5 Å². The normalized spacial score (nSPS) is 27.2. The first-order chi connectivity index (χ1) is 24.3. The van der Waals surface area contributed by atoms with Crippen molar-refractivity contribution in [2.75, 3.05) is 26.4 Å². The molecule has 0 fully saturated rings. The van der Waals surface area contributed by atoms with E-state index < -0.39 is 24.9 Å². The van der Waals surface area contributed by atoms with Crippen LogP contribution in [0.15, 0.2) is 72.2 Å². The number of aromatic nitrogens is 1. The van der Waals surface area contributed by atoms with Crippen LogP contribution in [0.5, 0.6) is 11.5 Å². The van der Waals surface area contributed by atoms with Crippen LogP contribution in [-0.2, 0) is 11.2 Å². The lowest BCUT2D eigenvalue weighted by Gasteiger charge is -2.34. The summed E-state index contributed by atoms with van der Waals surface area (Å²) in [5.41, 5.74) is 8.96. The molecule has 0 radical (unpaired) electrons. The highest BCUT2D eigenvalue weighted by Gasteiger charge is 2.38. The Labute approximate surface area is 296 Å². The fraction of sp³-hybridized carbons (Fsp3) is 0.550. The second kappa shape index (κ2) is 18.5. The third kappa shape index (κ3) is 9.95. The first-order valence-electron chi connectivity index (χ1n) is 18.2. The van der Waals surface area contributed by atoms with Crippen molar-refractivity contribution in [1.29, 1.82) is 0 Å². The van der Waals surface area contributed by atoms with Gasteiger partial charge in [-0.15, -0.1) is 0 Å². The second-order valence-electron chi connectivity index (χ2n) is 13.9. The van der Waals surface area contributed by atoms with Crippen molar-refractivity contribution in [2.45, 2.75) is 88.6 Å². The lowest BCUT2D eigenvalue weighted by atomic mass is 9.79. The number of aromatic amines is 1. The molecule has 3 aliphatic rings. The Morgan fingerprint density at radius 2 is 1.94 bits per heavy atom. The number of hydrogen-bond donors (Lipinski definition) is 8. The maximum atomic E-state index is 11.8. The van der Waals surface area contributed by atoms with Crippen LogP contribution in [0, 0.1) is 35.5 Å². The van der Waals surface area contributed by atoms with Crippen molar-refractivity contribution in [2.24, 2.45) is 29.4 Å². The minimum absolute atomic E-state index is 0.0828. The van der Waals surface area contributed by atoms with Gasteiger partial charge in [-0.05, 0) is 85.9 Å². The molecule has 10 nitrogen and oxygen atoms in total. The van der Waals surface area contributed by atoms with Gasteiger partial charge in [-0.3, -0.25) is 0 Å². The largest absolute Gasteiger partial charge is 0.504 e. The summed E-state index contributed by atoms with van der Waals surface area (Å²) in [4.78, 5) is 3.25. The molecule has 9 atom stereocenters. The second-order valence-corrected chi connectivity index (χ2v) is 13.9. The predicted molar refractivity (Wildman–Crippen MR) is 193 cm³/mol. The SMILES string of the molecule is CCC1C#CC2C=CC(c3ccc(O)c(OC(CC(Cc4ccc[nH]4)C4=CCNC(N)=C4)C(O)CO)c3)CC(O)C2C(OCCO)CCCC1. The van der Waals surface area contributed by atoms with Crippen molar-refractivity contribution in [1.82, 2.24) is 10.3 Å². The predicted octanol–water partition coefficient (Wildman–Crippen LogP) is 4.02. The van der Waals surface area contributed by atoms with Crippen LogP contribution in [0.3, 0.4) is 0 Å². The van der Waals surface area contributed by atoms with E-state index >= 15 is 0 Å². The maximum Gasteiger partial charge on any atom is 0.161 e. The number of aromatic hydroxyl groups is 1. The van der Waals surface area contributed by atoms with E-state index in [-0.39, 0.29) is 54.5 Å². The number of fused-ring (bicyclic) bond motifs is 1. The summed E-state index contributed by atoms with van der Waals surface area (Å²) in [7, 11) is 0. The van der Waals surface area contributed by atoms with E-state index in [1.807, 2.05) is 30.5 Å². The van der Waals surface area contributed by atoms with Gasteiger partial charge in [0.1, 0.15) is 12.2 Å². The van der Waals surface area contributed by atoms with Crippen LogP contribution in [0.1, 0.15) is 69.0 Å². The lowest BCUT2D eigenvalue weighted by molar-refractivity contribution is -0.0602. The van der Waals surface area contributed by atoms with E-state index in [9.17, 15) is 25.5 Å². The molecule has 0 amide bonds. The van der Waals surface area contributed by atoms with E-state index in [4.69, 9.17) is 15.2 Å². The molecular formula is C40H55N3O7. The van der Waals surface area contributed by atoms with Crippen molar-refractivity contribution < 1.29 is 35.0 Å². The van der Waals surface area contributed by atoms with Crippen LogP contribution in [0.2, 0.25) is 0 Å². The molecule has 0 spiro atoms. The lowest BCUT2D eigenvalue weighted by Crippen LogP contribution is -2.39. The standard InChI is InChI=1S/C40H55N3O7/c1-2-26-6-3-4-8-36(49-19-18-44)40-27(10-9-26)11-12-28(21-34(40)47)29-13-14-33(46)37(22-29)50-38(35(48)25-45)23-31(20-32-7-5-16-42-32)30-15-17-43-39(41)24-30/h5,7,11-16,22,24,26-28,31,34-36,38,40,42-48H,2-4,6,8,17-21,23,25,41H2,1H3. The summed E-state index contributed by atoms with van der Waals surface area (Å²) in [6, 6.07) is 9.10. The maximum absolute atomic E-state index is 11.8. The zero-order valence-corrected chi connectivity index (χ0v) is 29.1. The van der Waals surface area contributed by atoms with Crippen molar-refractivity contribution in [3.05, 3.63) is 83.5 Å². The molecule has 0 saturated heterocycles.